The molecule has 28 heavy (non-hydrogen) atoms. The number of aromatic nitrogens is 1. The van der Waals surface area contributed by atoms with Crippen LogP contribution in [-0.2, 0) is 6.54 Å². The molecule has 1 heterocycles. The molecular weight excluding hydrogens is 356 g/mol. The van der Waals surface area contributed by atoms with Crippen molar-refractivity contribution in [1.82, 2.24) is 10.3 Å². The van der Waals surface area contributed by atoms with Crippen molar-refractivity contribution in [2.24, 2.45) is 4.99 Å². The Hall–Kier alpha value is -2.96. The van der Waals surface area contributed by atoms with Crippen LogP contribution in [0.5, 0.6) is 17.4 Å². The number of hydrogen-bond acceptors (Lipinski definition) is 5. The van der Waals surface area contributed by atoms with Gasteiger partial charge in [0.2, 0.25) is 5.88 Å². The summed E-state index contributed by atoms with van der Waals surface area (Å²) in [6.07, 6.45) is 1.89. The van der Waals surface area contributed by atoms with Crippen molar-refractivity contribution in [2.75, 3.05) is 25.6 Å². The average Bonchev–Trinajstić information content (AvgIpc) is 2.67. The molecule has 0 saturated carbocycles. The second-order valence-corrected chi connectivity index (χ2v) is 6.29. The summed E-state index contributed by atoms with van der Waals surface area (Å²) >= 11 is 0. The zero-order chi connectivity index (χ0) is 20.4. The first-order chi connectivity index (χ1) is 13.5. The summed E-state index contributed by atoms with van der Waals surface area (Å²) in [5.74, 6) is 2.69. The van der Waals surface area contributed by atoms with Gasteiger partial charge in [0, 0.05) is 30.6 Å². The van der Waals surface area contributed by atoms with Crippen LogP contribution in [0, 0.1) is 0 Å². The first-order valence-corrected chi connectivity index (χ1v) is 9.53. The van der Waals surface area contributed by atoms with E-state index in [0.29, 0.717) is 36.5 Å². The van der Waals surface area contributed by atoms with E-state index < -0.39 is 0 Å². The maximum atomic E-state index is 5.63. The van der Waals surface area contributed by atoms with Gasteiger partial charge >= 0.3 is 0 Å². The molecule has 0 aliphatic carbocycles. The Morgan fingerprint density at radius 2 is 1.96 bits per heavy atom. The second kappa shape index (κ2) is 11.0. The van der Waals surface area contributed by atoms with Crippen LogP contribution >= 0.6 is 0 Å². The molecule has 0 bridgehead atoms. The zero-order valence-electron chi connectivity index (χ0n) is 17.3. The molecule has 0 saturated heterocycles. The molecule has 0 aliphatic heterocycles. The van der Waals surface area contributed by atoms with Crippen LogP contribution in [0.25, 0.3) is 0 Å². The van der Waals surface area contributed by atoms with Crippen molar-refractivity contribution in [1.29, 1.82) is 0 Å². The minimum atomic E-state index is 0.104. The van der Waals surface area contributed by atoms with Gasteiger partial charge in [-0.15, -0.1) is 0 Å². The molecule has 0 amide bonds. The molecule has 2 aromatic rings. The van der Waals surface area contributed by atoms with Crippen molar-refractivity contribution in [3.63, 3.8) is 0 Å². The summed E-state index contributed by atoms with van der Waals surface area (Å²) in [4.78, 5) is 8.94. The van der Waals surface area contributed by atoms with Gasteiger partial charge in [-0.3, -0.25) is 0 Å². The summed E-state index contributed by atoms with van der Waals surface area (Å²) in [6, 6.07) is 9.53. The lowest BCUT2D eigenvalue weighted by Gasteiger charge is -2.14. The van der Waals surface area contributed by atoms with Crippen molar-refractivity contribution < 1.29 is 14.2 Å². The number of methoxy groups -OCH3 is 1. The monoisotopic (exact) mass is 386 g/mol. The van der Waals surface area contributed by atoms with E-state index in [1.165, 1.54) is 0 Å². The van der Waals surface area contributed by atoms with Gasteiger partial charge in [0.15, 0.2) is 17.5 Å². The lowest BCUT2D eigenvalue weighted by atomic mass is 10.2. The Labute approximate surface area is 167 Å². The third-order valence-corrected chi connectivity index (χ3v) is 3.64. The standard InChI is InChI=1S/C21H30N4O3/c1-6-22-21(24-14-16-8-11-20(23-13-16)28-15(3)4)25-17-9-10-18(26-5)19(12-17)27-7-2/h8-13,15H,6-7,14H2,1-5H3,(H2,22,24,25). The highest BCUT2D eigenvalue weighted by Gasteiger charge is 2.07. The lowest BCUT2D eigenvalue weighted by Crippen LogP contribution is -2.30. The maximum absolute atomic E-state index is 5.63. The highest BCUT2D eigenvalue weighted by Crippen LogP contribution is 2.30. The summed E-state index contributed by atoms with van der Waals surface area (Å²) < 4.78 is 16.5. The normalized spacial score (nSPS) is 11.3. The Bertz CT molecular complexity index is 761. The number of hydrogen-bond donors (Lipinski definition) is 2. The van der Waals surface area contributed by atoms with Gasteiger partial charge < -0.3 is 24.8 Å². The van der Waals surface area contributed by atoms with Gasteiger partial charge in [-0.1, -0.05) is 6.07 Å². The Morgan fingerprint density at radius 1 is 1.14 bits per heavy atom. The van der Waals surface area contributed by atoms with E-state index in [9.17, 15) is 0 Å². The van der Waals surface area contributed by atoms with E-state index in [-0.39, 0.29) is 6.10 Å². The van der Waals surface area contributed by atoms with Gasteiger partial charge in [-0.2, -0.15) is 0 Å². The number of rotatable bonds is 9. The highest BCUT2D eigenvalue weighted by atomic mass is 16.5. The van der Waals surface area contributed by atoms with E-state index >= 15 is 0 Å². The Balaban J connectivity index is 2.08. The minimum absolute atomic E-state index is 0.104. The predicted octanol–water partition coefficient (Wildman–Crippen LogP) is 3.85. The fraction of sp³-hybridized carbons (Fsp3) is 0.429. The number of benzene rings is 1. The molecule has 0 spiro atoms. The van der Waals surface area contributed by atoms with Crippen molar-refractivity contribution >= 4 is 11.6 Å². The van der Waals surface area contributed by atoms with Crippen molar-refractivity contribution in [3.05, 3.63) is 42.1 Å². The highest BCUT2D eigenvalue weighted by molar-refractivity contribution is 5.93. The topological polar surface area (TPSA) is 77.0 Å². The van der Waals surface area contributed by atoms with Crippen molar-refractivity contribution in [2.45, 2.75) is 40.3 Å². The molecular formula is C21H30N4O3. The second-order valence-electron chi connectivity index (χ2n) is 6.29. The van der Waals surface area contributed by atoms with Gasteiger partial charge in [-0.25, -0.2) is 9.98 Å². The van der Waals surface area contributed by atoms with Gasteiger partial charge in [0.25, 0.3) is 0 Å². The van der Waals surface area contributed by atoms with E-state index in [1.807, 2.05) is 58.0 Å². The summed E-state index contributed by atoms with van der Waals surface area (Å²) in [7, 11) is 1.63. The Morgan fingerprint density at radius 3 is 2.57 bits per heavy atom. The number of ether oxygens (including phenoxy) is 3. The Kier molecular flexibility index (Phi) is 8.39. The molecule has 152 valence electrons. The SMILES string of the molecule is CCNC(=NCc1ccc(OC(C)C)nc1)Nc1ccc(OC)c(OCC)c1. The maximum Gasteiger partial charge on any atom is 0.213 e. The predicted molar refractivity (Wildman–Crippen MR) is 113 cm³/mol. The largest absolute Gasteiger partial charge is 0.493 e. The van der Waals surface area contributed by atoms with E-state index in [2.05, 4.69) is 20.6 Å². The number of aliphatic imine (C=N–C) groups is 1. The quantitative estimate of drug-likeness (QED) is 0.503. The van der Waals surface area contributed by atoms with Crippen LogP contribution in [0.1, 0.15) is 33.3 Å². The molecule has 0 unspecified atom stereocenters. The number of nitrogens with zero attached hydrogens (tertiary/aromatic N) is 2. The van der Waals surface area contributed by atoms with Crippen LogP contribution in [0.15, 0.2) is 41.5 Å². The van der Waals surface area contributed by atoms with E-state index in [4.69, 9.17) is 14.2 Å². The number of pyridine rings is 1. The summed E-state index contributed by atoms with van der Waals surface area (Å²) in [5.41, 5.74) is 1.86. The average molecular weight is 386 g/mol. The molecule has 0 radical (unpaired) electrons. The minimum Gasteiger partial charge on any atom is -0.493 e. The lowest BCUT2D eigenvalue weighted by molar-refractivity contribution is 0.232. The molecule has 0 fully saturated rings. The molecule has 2 N–H and O–H groups in total. The first kappa shape index (κ1) is 21.3. The van der Waals surface area contributed by atoms with Crippen LogP contribution < -0.4 is 24.8 Å². The summed E-state index contributed by atoms with van der Waals surface area (Å²) in [5, 5.41) is 6.54. The number of guanidine groups is 1. The summed E-state index contributed by atoms with van der Waals surface area (Å²) in [6.45, 7) is 9.73. The van der Waals surface area contributed by atoms with Crippen LogP contribution in [0.3, 0.4) is 0 Å². The molecule has 7 heteroatoms. The number of nitrogens with one attached hydrogen (secondary N) is 2. The molecule has 0 aliphatic rings. The molecule has 2 rings (SSSR count). The molecule has 1 aromatic heterocycles. The fourth-order valence-corrected chi connectivity index (χ4v) is 2.45. The van der Waals surface area contributed by atoms with E-state index in [1.54, 1.807) is 13.3 Å². The number of anilines is 1. The first-order valence-electron chi connectivity index (χ1n) is 9.53. The van der Waals surface area contributed by atoms with Crippen molar-refractivity contribution in [3.8, 4) is 17.4 Å². The van der Waals surface area contributed by atoms with Gasteiger partial charge in [-0.05, 0) is 45.4 Å². The molecule has 1 aromatic carbocycles. The van der Waals surface area contributed by atoms with Gasteiger partial charge in [0.05, 0.1) is 26.4 Å². The van der Waals surface area contributed by atoms with Crippen LogP contribution in [0.2, 0.25) is 0 Å². The fourth-order valence-electron chi connectivity index (χ4n) is 2.45. The molecule has 0 atom stereocenters. The molecule has 7 nitrogen and oxygen atoms in total. The van der Waals surface area contributed by atoms with Crippen LogP contribution in [-0.4, -0.2) is 37.3 Å². The smallest absolute Gasteiger partial charge is 0.213 e. The zero-order valence-corrected chi connectivity index (χ0v) is 17.3. The third-order valence-electron chi connectivity index (χ3n) is 3.64. The third kappa shape index (κ3) is 6.64. The van der Waals surface area contributed by atoms with E-state index in [0.717, 1.165) is 17.8 Å². The van der Waals surface area contributed by atoms with Crippen LogP contribution in [0.4, 0.5) is 5.69 Å². The van der Waals surface area contributed by atoms with Gasteiger partial charge in [0.1, 0.15) is 0 Å².